The van der Waals surface area contributed by atoms with Gasteiger partial charge in [0, 0.05) is 36.3 Å². The van der Waals surface area contributed by atoms with Crippen molar-refractivity contribution in [1.82, 2.24) is 4.72 Å². The van der Waals surface area contributed by atoms with Crippen molar-refractivity contribution in [2.24, 2.45) is 5.92 Å². The fraction of sp³-hybridized carbons (Fsp3) is 0.600. The number of benzene rings is 1. The summed E-state index contributed by atoms with van der Waals surface area (Å²) < 4.78 is 26.7. The second-order valence-corrected chi connectivity index (χ2v) is 10.2. The summed E-state index contributed by atoms with van der Waals surface area (Å²) in [5, 5.41) is 2.49. The summed E-state index contributed by atoms with van der Waals surface area (Å²) in [6.45, 7) is 4.06. The molecule has 1 aromatic carbocycles. The summed E-state index contributed by atoms with van der Waals surface area (Å²) in [5.74, 6) is -0.00329. The molecule has 2 N–H and O–H groups in total. The second kappa shape index (κ2) is 8.61. The van der Waals surface area contributed by atoms with E-state index in [0.29, 0.717) is 37.8 Å². The molecule has 3 rings (SSSR count). The van der Waals surface area contributed by atoms with Crippen LogP contribution in [-0.2, 0) is 19.6 Å². The lowest BCUT2D eigenvalue weighted by Gasteiger charge is -2.28. The average Bonchev–Trinajstić information content (AvgIpc) is 3.08. The summed E-state index contributed by atoms with van der Waals surface area (Å²) >= 11 is 0. The van der Waals surface area contributed by atoms with Crippen LogP contribution >= 0.6 is 0 Å². The Morgan fingerprint density at radius 3 is 2.29 bits per heavy atom. The summed E-state index contributed by atoms with van der Waals surface area (Å²) in [7, 11) is -3.28. The predicted molar refractivity (Wildman–Crippen MR) is 110 cm³/mol. The van der Waals surface area contributed by atoms with Gasteiger partial charge >= 0.3 is 0 Å². The van der Waals surface area contributed by atoms with E-state index in [1.54, 1.807) is 18.7 Å². The molecule has 8 heteroatoms. The Morgan fingerprint density at radius 1 is 1.11 bits per heavy atom. The molecule has 0 aromatic heterocycles. The quantitative estimate of drug-likeness (QED) is 0.758. The lowest BCUT2D eigenvalue weighted by molar-refractivity contribution is -0.121. The third kappa shape index (κ3) is 4.91. The van der Waals surface area contributed by atoms with E-state index >= 15 is 0 Å². The van der Waals surface area contributed by atoms with Crippen molar-refractivity contribution >= 4 is 33.2 Å². The fourth-order valence-corrected chi connectivity index (χ4v) is 4.70. The average molecular weight is 408 g/mol. The molecule has 0 radical (unpaired) electrons. The molecular weight excluding hydrogens is 378 g/mol. The molecule has 0 bridgehead atoms. The molecule has 1 aromatic rings. The first-order chi connectivity index (χ1) is 13.3. The summed E-state index contributed by atoms with van der Waals surface area (Å²) in [6, 6.07) is 7.27. The van der Waals surface area contributed by atoms with Gasteiger partial charge in [0.05, 0.1) is 5.25 Å². The molecule has 28 heavy (non-hydrogen) atoms. The molecule has 0 spiro atoms. The highest BCUT2D eigenvalue weighted by Crippen LogP contribution is 2.27. The highest BCUT2D eigenvalue weighted by Gasteiger charge is 2.29. The van der Waals surface area contributed by atoms with Crippen molar-refractivity contribution in [3.63, 3.8) is 0 Å². The smallest absolute Gasteiger partial charge is 0.227 e. The lowest BCUT2D eigenvalue weighted by Crippen LogP contribution is -2.42. The first-order valence-electron chi connectivity index (χ1n) is 9.98. The molecule has 154 valence electrons. The molecule has 0 unspecified atom stereocenters. The molecule has 1 heterocycles. The minimum Gasteiger partial charge on any atom is -0.326 e. The van der Waals surface area contributed by atoms with Gasteiger partial charge in [-0.05, 0) is 70.2 Å². The highest BCUT2D eigenvalue weighted by atomic mass is 32.2. The highest BCUT2D eigenvalue weighted by molar-refractivity contribution is 7.90. The van der Waals surface area contributed by atoms with Crippen molar-refractivity contribution in [1.29, 1.82) is 0 Å². The Labute approximate surface area is 166 Å². The van der Waals surface area contributed by atoms with E-state index in [4.69, 9.17) is 0 Å². The number of nitrogens with zero attached hydrogens (tertiary/aromatic N) is 1. The van der Waals surface area contributed by atoms with Crippen LogP contribution in [0.15, 0.2) is 24.3 Å². The number of amides is 2. The zero-order chi connectivity index (χ0) is 20.3. The van der Waals surface area contributed by atoms with Crippen molar-refractivity contribution in [2.45, 2.75) is 63.7 Å². The van der Waals surface area contributed by atoms with Crippen LogP contribution in [0.3, 0.4) is 0 Å². The van der Waals surface area contributed by atoms with E-state index in [0.717, 1.165) is 18.7 Å². The zero-order valence-corrected chi connectivity index (χ0v) is 17.3. The van der Waals surface area contributed by atoms with E-state index in [1.165, 1.54) is 0 Å². The zero-order valence-electron chi connectivity index (χ0n) is 16.5. The third-order valence-corrected chi connectivity index (χ3v) is 7.47. The van der Waals surface area contributed by atoms with Gasteiger partial charge in [0.2, 0.25) is 21.8 Å². The van der Waals surface area contributed by atoms with Gasteiger partial charge < -0.3 is 10.2 Å². The van der Waals surface area contributed by atoms with Gasteiger partial charge in [0.25, 0.3) is 0 Å². The summed E-state index contributed by atoms with van der Waals surface area (Å²) in [4.78, 5) is 26.1. The van der Waals surface area contributed by atoms with E-state index in [1.807, 2.05) is 24.3 Å². The monoisotopic (exact) mass is 407 g/mol. The van der Waals surface area contributed by atoms with E-state index in [2.05, 4.69) is 10.0 Å². The van der Waals surface area contributed by atoms with E-state index in [9.17, 15) is 18.0 Å². The molecule has 1 saturated carbocycles. The van der Waals surface area contributed by atoms with Gasteiger partial charge in [-0.15, -0.1) is 0 Å². The van der Waals surface area contributed by atoms with Gasteiger partial charge in [-0.25, -0.2) is 13.1 Å². The van der Waals surface area contributed by atoms with Crippen LogP contribution in [0.1, 0.15) is 52.4 Å². The van der Waals surface area contributed by atoms with Gasteiger partial charge in [0.15, 0.2) is 0 Å². The van der Waals surface area contributed by atoms with Gasteiger partial charge in [-0.3, -0.25) is 9.59 Å². The molecule has 1 saturated heterocycles. The number of hydrogen-bond donors (Lipinski definition) is 2. The SMILES string of the molecule is CC(C)S(=O)(=O)NC1CCC(C(=O)Nc2ccc(N3CCCC3=O)cc2)CC1. The van der Waals surface area contributed by atoms with Crippen LogP contribution in [0, 0.1) is 5.92 Å². The summed E-state index contributed by atoms with van der Waals surface area (Å²) in [5.41, 5.74) is 1.57. The van der Waals surface area contributed by atoms with Crippen LogP contribution < -0.4 is 14.9 Å². The number of nitrogens with one attached hydrogen (secondary N) is 2. The Balaban J connectivity index is 1.50. The molecule has 7 nitrogen and oxygen atoms in total. The Bertz CT molecular complexity index is 812. The third-order valence-electron chi connectivity index (χ3n) is 5.57. The minimum absolute atomic E-state index is 0.0323. The normalized spacial score (nSPS) is 23.2. The molecular formula is C20H29N3O4S. The van der Waals surface area contributed by atoms with Crippen molar-refractivity contribution in [2.75, 3.05) is 16.8 Å². The van der Waals surface area contributed by atoms with E-state index in [-0.39, 0.29) is 23.8 Å². The first kappa shape index (κ1) is 20.8. The maximum atomic E-state index is 12.5. The number of carbonyl (C=O) groups excluding carboxylic acids is 2. The van der Waals surface area contributed by atoms with Crippen molar-refractivity contribution in [3.05, 3.63) is 24.3 Å². The van der Waals surface area contributed by atoms with Crippen LogP contribution in [0.2, 0.25) is 0 Å². The molecule has 0 atom stereocenters. The van der Waals surface area contributed by atoms with Gasteiger partial charge in [-0.1, -0.05) is 0 Å². The van der Waals surface area contributed by atoms with Gasteiger partial charge in [-0.2, -0.15) is 0 Å². The Morgan fingerprint density at radius 2 is 1.75 bits per heavy atom. The Kier molecular flexibility index (Phi) is 6.40. The number of hydrogen-bond acceptors (Lipinski definition) is 4. The lowest BCUT2D eigenvalue weighted by atomic mass is 9.86. The van der Waals surface area contributed by atoms with Crippen LogP contribution in [0.25, 0.3) is 0 Å². The predicted octanol–water partition coefficient (Wildman–Crippen LogP) is 2.64. The first-order valence-corrected chi connectivity index (χ1v) is 11.5. The second-order valence-electron chi connectivity index (χ2n) is 7.95. The number of carbonyl (C=O) groups is 2. The molecule has 2 fully saturated rings. The molecule has 2 aliphatic rings. The van der Waals surface area contributed by atoms with Crippen LogP contribution in [0.4, 0.5) is 11.4 Å². The molecule has 2 amide bonds. The van der Waals surface area contributed by atoms with Crippen molar-refractivity contribution in [3.8, 4) is 0 Å². The molecule has 1 aliphatic carbocycles. The van der Waals surface area contributed by atoms with Crippen molar-refractivity contribution < 1.29 is 18.0 Å². The van der Waals surface area contributed by atoms with Gasteiger partial charge in [0.1, 0.15) is 0 Å². The topological polar surface area (TPSA) is 95.6 Å². The van der Waals surface area contributed by atoms with E-state index < -0.39 is 15.3 Å². The molecule has 1 aliphatic heterocycles. The maximum absolute atomic E-state index is 12.5. The number of anilines is 2. The summed E-state index contributed by atoms with van der Waals surface area (Å²) in [6.07, 6.45) is 4.14. The Hall–Kier alpha value is -1.93. The minimum atomic E-state index is -3.28. The largest absolute Gasteiger partial charge is 0.326 e. The number of rotatable bonds is 6. The van der Waals surface area contributed by atoms with Crippen LogP contribution in [0.5, 0.6) is 0 Å². The van der Waals surface area contributed by atoms with Crippen LogP contribution in [-0.4, -0.2) is 38.1 Å². The standard InChI is InChI=1S/C20H29N3O4S/c1-14(2)28(26,27)22-17-7-5-15(6-8-17)20(25)21-16-9-11-18(12-10-16)23-13-3-4-19(23)24/h9-12,14-15,17,22H,3-8,13H2,1-2H3,(H,21,25). The maximum Gasteiger partial charge on any atom is 0.227 e. The fourth-order valence-electron chi connectivity index (χ4n) is 3.73. The number of sulfonamides is 1.